The highest BCUT2D eigenvalue weighted by molar-refractivity contribution is 6.33. The van der Waals surface area contributed by atoms with Crippen LogP contribution in [0.1, 0.15) is 13.3 Å². The Hall–Kier alpha value is -2.73. The van der Waals surface area contributed by atoms with E-state index in [1.807, 2.05) is 19.0 Å². The van der Waals surface area contributed by atoms with Gasteiger partial charge < -0.3 is 15.0 Å². The number of alkyl halides is 3. The molecule has 0 aliphatic rings. The maximum atomic E-state index is 15.3. The van der Waals surface area contributed by atoms with Gasteiger partial charge in [-0.05, 0) is 39.6 Å². The van der Waals surface area contributed by atoms with E-state index in [0.29, 0.717) is 13.0 Å². The molecule has 0 fully saturated rings. The van der Waals surface area contributed by atoms with Gasteiger partial charge in [0.25, 0.3) is 5.78 Å². The third-order valence-electron chi connectivity index (χ3n) is 4.54. The van der Waals surface area contributed by atoms with Crippen LogP contribution in [0.5, 0.6) is 5.75 Å². The van der Waals surface area contributed by atoms with Crippen LogP contribution in [0.25, 0.3) is 16.9 Å². The third kappa shape index (κ3) is 5.01. The van der Waals surface area contributed by atoms with Gasteiger partial charge in [0.05, 0.1) is 17.7 Å². The first-order valence-electron chi connectivity index (χ1n) is 9.49. The van der Waals surface area contributed by atoms with Gasteiger partial charge in [0, 0.05) is 6.54 Å². The van der Waals surface area contributed by atoms with Gasteiger partial charge in [-0.15, -0.1) is 0 Å². The number of anilines is 1. The van der Waals surface area contributed by atoms with Crippen molar-refractivity contribution in [2.45, 2.75) is 25.6 Å². The van der Waals surface area contributed by atoms with E-state index in [9.17, 15) is 17.6 Å². The number of halogens is 6. The van der Waals surface area contributed by atoms with Gasteiger partial charge in [-0.3, -0.25) is 0 Å². The van der Waals surface area contributed by atoms with Gasteiger partial charge in [-0.25, -0.2) is 8.78 Å². The van der Waals surface area contributed by atoms with Gasteiger partial charge in [0.15, 0.2) is 11.6 Å². The maximum Gasteiger partial charge on any atom is 0.408 e. The Morgan fingerprint density at radius 2 is 1.94 bits per heavy atom. The lowest BCUT2D eigenvalue weighted by atomic mass is 10.1. The molecule has 0 amide bonds. The number of hydrogen-bond donors (Lipinski definition) is 1. The van der Waals surface area contributed by atoms with E-state index in [1.165, 1.54) is 0 Å². The minimum absolute atomic E-state index is 0.143. The van der Waals surface area contributed by atoms with E-state index < -0.39 is 46.0 Å². The van der Waals surface area contributed by atoms with Crippen LogP contribution in [0.3, 0.4) is 0 Å². The summed E-state index contributed by atoms with van der Waals surface area (Å²) < 4.78 is 76.1. The summed E-state index contributed by atoms with van der Waals surface area (Å²) in [5.74, 6) is -3.02. The molecule has 0 bridgehead atoms. The van der Waals surface area contributed by atoms with Gasteiger partial charge in [0.1, 0.15) is 29.2 Å². The van der Waals surface area contributed by atoms with Crippen LogP contribution in [-0.2, 0) is 0 Å². The number of nitrogens with zero attached hydrogens (tertiary/aromatic N) is 5. The summed E-state index contributed by atoms with van der Waals surface area (Å²) in [7, 11) is 3.73. The zero-order valence-electron chi connectivity index (χ0n) is 17.3. The molecule has 1 N–H and O–H groups in total. The summed E-state index contributed by atoms with van der Waals surface area (Å²) in [6.07, 6.45) is -3.06. The summed E-state index contributed by atoms with van der Waals surface area (Å²) >= 11 is 6.16. The second-order valence-electron chi connectivity index (χ2n) is 7.25. The number of nitrogens with one attached hydrogen (secondary N) is 1. The number of fused-ring (bicyclic) bond motifs is 1. The van der Waals surface area contributed by atoms with Crippen LogP contribution in [0.4, 0.5) is 27.8 Å². The molecule has 0 unspecified atom stereocenters. The monoisotopic (exact) mass is 478 g/mol. The minimum atomic E-state index is -4.66. The third-order valence-corrected chi connectivity index (χ3v) is 4.81. The van der Waals surface area contributed by atoms with E-state index in [1.54, 1.807) is 0 Å². The molecule has 2 aromatic heterocycles. The zero-order chi connectivity index (χ0) is 23.6. The topological polar surface area (TPSA) is 67.6 Å². The van der Waals surface area contributed by atoms with Crippen LogP contribution >= 0.6 is 11.6 Å². The molecule has 13 heteroatoms. The molecule has 3 rings (SSSR count). The highest BCUT2D eigenvalue weighted by Crippen LogP contribution is 2.40. The van der Waals surface area contributed by atoms with E-state index in [-0.39, 0.29) is 18.1 Å². The fourth-order valence-electron chi connectivity index (χ4n) is 2.90. The molecule has 1 aromatic carbocycles. The van der Waals surface area contributed by atoms with Crippen LogP contribution in [0.2, 0.25) is 5.15 Å². The Kier molecular flexibility index (Phi) is 7.03. The molecule has 0 aliphatic carbocycles. The molecular formula is C19H20ClF5N6O. The first-order valence-corrected chi connectivity index (χ1v) is 9.87. The molecule has 0 saturated carbocycles. The summed E-state index contributed by atoms with van der Waals surface area (Å²) in [4.78, 5) is 9.60. The largest absolute Gasteiger partial charge is 0.490 e. The highest BCUT2D eigenvalue weighted by atomic mass is 35.5. The molecule has 0 saturated heterocycles. The lowest BCUT2D eigenvalue weighted by Crippen LogP contribution is -2.34. The van der Waals surface area contributed by atoms with Crippen LogP contribution in [0.15, 0.2) is 18.5 Å². The second-order valence-corrected chi connectivity index (χ2v) is 7.60. The van der Waals surface area contributed by atoms with Crippen molar-refractivity contribution in [3.63, 3.8) is 0 Å². The standard InChI is InChI=1S/C19H20ClF5N6O/c1-10(19(23,24)25)28-17-14(16(20)29-18-26-9-27-31(17)18)13-11(21)5-6-12(15(13)22)32-8-4-7-30(2)3/h5-6,9-10,28H,4,7-8H2,1-3H3/t10-/m0/s1. The summed E-state index contributed by atoms with van der Waals surface area (Å²) in [6.45, 7) is 1.67. The fraction of sp³-hybridized carbons (Fsp3) is 0.421. The average molecular weight is 479 g/mol. The van der Waals surface area contributed by atoms with Crippen molar-refractivity contribution in [3.8, 4) is 16.9 Å². The van der Waals surface area contributed by atoms with Crippen LogP contribution < -0.4 is 10.1 Å². The molecule has 3 aromatic rings. The average Bonchev–Trinajstić information content (AvgIpc) is 3.15. The van der Waals surface area contributed by atoms with Crippen molar-refractivity contribution >= 4 is 23.2 Å². The highest BCUT2D eigenvalue weighted by Gasteiger charge is 2.38. The molecule has 2 heterocycles. The van der Waals surface area contributed by atoms with Crippen molar-refractivity contribution in [2.75, 3.05) is 32.6 Å². The number of aromatic nitrogens is 4. The summed E-state index contributed by atoms with van der Waals surface area (Å²) in [5.41, 5.74) is -1.13. The fourth-order valence-corrected chi connectivity index (χ4v) is 3.15. The number of benzene rings is 1. The number of ether oxygens (including phenoxy) is 1. The van der Waals surface area contributed by atoms with Crippen molar-refractivity contribution in [3.05, 3.63) is 35.2 Å². The smallest absolute Gasteiger partial charge is 0.408 e. The van der Waals surface area contributed by atoms with Crippen molar-refractivity contribution in [1.82, 2.24) is 24.5 Å². The summed E-state index contributed by atoms with van der Waals surface area (Å²) in [5, 5.41) is 5.55. The predicted molar refractivity (Wildman–Crippen MR) is 109 cm³/mol. The molecule has 7 nitrogen and oxygen atoms in total. The summed E-state index contributed by atoms with van der Waals surface area (Å²) in [6, 6.07) is -0.0490. The Bertz CT molecular complexity index is 1100. The van der Waals surface area contributed by atoms with Crippen LogP contribution in [0, 0.1) is 11.6 Å². The SMILES string of the molecule is C[C@H](Nc1c(-c2c(F)ccc(OCCCN(C)C)c2F)c(Cl)nc2ncnn12)C(F)(F)F. The van der Waals surface area contributed by atoms with E-state index in [0.717, 1.165) is 29.9 Å². The predicted octanol–water partition coefficient (Wildman–Crippen LogP) is 4.42. The van der Waals surface area contributed by atoms with E-state index in [4.69, 9.17) is 16.3 Å². The molecule has 0 aliphatic heterocycles. The Morgan fingerprint density at radius 3 is 2.59 bits per heavy atom. The number of hydrogen-bond acceptors (Lipinski definition) is 6. The molecule has 174 valence electrons. The lowest BCUT2D eigenvalue weighted by molar-refractivity contribution is -0.138. The van der Waals surface area contributed by atoms with Gasteiger partial charge in [0.2, 0.25) is 0 Å². The molecule has 0 spiro atoms. The molecule has 32 heavy (non-hydrogen) atoms. The Labute approximate surface area is 185 Å². The van der Waals surface area contributed by atoms with Crippen molar-refractivity contribution in [1.29, 1.82) is 0 Å². The van der Waals surface area contributed by atoms with Crippen LogP contribution in [-0.4, -0.2) is 63.9 Å². The van der Waals surface area contributed by atoms with Crippen molar-refractivity contribution in [2.24, 2.45) is 0 Å². The second kappa shape index (κ2) is 9.41. The lowest BCUT2D eigenvalue weighted by Gasteiger charge is -2.22. The molecule has 1 atom stereocenters. The van der Waals surface area contributed by atoms with Gasteiger partial charge in [-0.2, -0.15) is 32.8 Å². The molecule has 0 radical (unpaired) electrons. The van der Waals surface area contributed by atoms with Gasteiger partial charge >= 0.3 is 6.18 Å². The van der Waals surface area contributed by atoms with Crippen molar-refractivity contribution < 1.29 is 26.7 Å². The molecular weight excluding hydrogens is 459 g/mol. The Morgan fingerprint density at radius 1 is 1.22 bits per heavy atom. The zero-order valence-corrected chi connectivity index (χ0v) is 18.1. The Balaban J connectivity index is 2.11. The normalized spacial score (nSPS) is 13.1. The first-order chi connectivity index (χ1) is 15.0. The first kappa shape index (κ1) is 23.9. The van der Waals surface area contributed by atoms with E-state index in [2.05, 4.69) is 20.4 Å². The quantitative estimate of drug-likeness (QED) is 0.294. The maximum absolute atomic E-state index is 15.3. The van der Waals surface area contributed by atoms with Gasteiger partial charge in [-0.1, -0.05) is 11.6 Å². The van der Waals surface area contributed by atoms with E-state index >= 15 is 4.39 Å². The minimum Gasteiger partial charge on any atom is -0.490 e. The number of rotatable bonds is 8.